The topological polar surface area (TPSA) is 23.8 Å². The van der Waals surface area contributed by atoms with Gasteiger partial charge in [0.1, 0.15) is 0 Å². The van der Waals surface area contributed by atoms with Crippen LogP contribution in [0.1, 0.15) is 46.5 Å². The van der Waals surface area contributed by atoms with Crippen molar-refractivity contribution in [2.75, 3.05) is 0 Å². The van der Waals surface area contributed by atoms with Crippen molar-refractivity contribution in [1.82, 2.24) is 0 Å². The van der Waals surface area contributed by atoms with Gasteiger partial charge in [0.2, 0.25) is 0 Å². The van der Waals surface area contributed by atoms with Crippen molar-refractivity contribution in [3.05, 3.63) is 0 Å². The first-order valence-electron chi connectivity index (χ1n) is 4.66. The van der Waals surface area contributed by atoms with Crippen LogP contribution >= 0.6 is 24.8 Å². The number of rotatable bonds is 4. The SMILES string of the molecule is CC(C)C#N.CCCCCC(=S)S. The fourth-order valence-corrected chi connectivity index (χ4v) is 0.829. The first-order chi connectivity index (χ1) is 6.04. The van der Waals surface area contributed by atoms with Crippen molar-refractivity contribution in [2.24, 2.45) is 5.92 Å². The summed E-state index contributed by atoms with van der Waals surface area (Å²) < 4.78 is 0.846. The van der Waals surface area contributed by atoms with E-state index in [1.165, 1.54) is 19.3 Å². The van der Waals surface area contributed by atoms with Crippen LogP contribution < -0.4 is 0 Å². The van der Waals surface area contributed by atoms with E-state index >= 15 is 0 Å². The molecule has 0 aliphatic rings. The number of nitrogens with zero attached hydrogens (tertiary/aromatic N) is 1. The molecule has 0 fully saturated rings. The Morgan fingerprint density at radius 1 is 1.46 bits per heavy atom. The zero-order valence-electron chi connectivity index (χ0n) is 8.71. The second-order valence-electron chi connectivity index (χ2n) is 3.13. The fourth-order valence-electron chi connectivity index (χ4n) is 0.526. The third-order valence-electron chi connectivity index (χ3n) is 1.25. The summed E-state index contributed by atoms with van der Waals surface area (Å²) >= 11 is 8.78. The van der Waals surface area contributed by atoms with Crippen molar-refractivity contribution >= 4 is 29.0 Å². The van der Waals surface area contributed by atoms with E-state index in [1.807, 2.05) is 19.9 Å². The van der Waals surface area contributed by atoms with Crippen molar-refractivity contribution < 1.29 is 0 Å². The standard InChI is InChI=1S/C6H12S2.C4H7N/c1-2-3-4-5-6(7)8;1-4(2)3-5/h2-5H2,1H3,(H,7,8);4H,1-2H3. The minimum absolute atomic E-state index is 0.190. The quantitative estimate of drug-likeness (QED) is 0.437. The molecule has 1 nitrogen and oxygen atoms in total. The maximum Gasteiger partial charge on any atom is 0.0649 e. The van der Waals surface area contributed by atoms with Gasteiger partial charge < -0.3 is 0 Å². The summed E-state index contributed by atoms with van der Waals surface area (Å²) in [4.78, 5) is 0. The molecule has 0 heterocycles. The maximum absolute atomic E-state index is 7.89. The highest BCUT2D eigenvalue weighted by molar-refractivity contribution is 8.11. The lowest BCUT2D eigenvalue weighted by atomic mass is 10.2. The molecule has 0 aliphatic heterocycles. The highest BCUT2D eigenvalue weighted by atomic mass is 32.1. The molecule has 0 unspecified atom stereocenters. The molecule has 0 bridgehead atoms. The van der Waals surface area contributed by atoms with Gasteiger partial charge >= 0.3 is 0 Å². The van der Waals surface area contributed by atoms with Crippen LogP contribution in [0.2, 0.25) is 0 Å². The van der Waals surface area contributed by atoms with Gasteiger partial charge in [-0.05, 0) is 26.7 Å². The van der Waals surface area contributed by atoms with Gasteiger partial charge in [0.15, 0.2) is 0 Å². The van der Waals surface area contributed by atoms with Gasteiger partial charge in [0.05, 0.1) is 6.07 Å². The molecule has 0 aromatic rings. The molecule has 76 valence electrons. The number of unbranched alkanes of at least 4 members (excludes halogenated alkanes) is 2. The molecule has 13 heavy (non-hydrogen) atoms. The zero-order chi connectivity index (χ0) is 10.7. The van der Waals surface area contributed by atoms with Crippen molar-refractivity contribution in [3.63, 3.8) is 0 Å². The Kier molecular flexibility index (Phi) is 14.1. The minimum atomic E-state index is 0.190. The van der Waals surface area contributed by atoms with Gasteiger partial charge in [-0.1, -0.05) is 32.0 Å². The molecule has 0 atom stereocenters. The second kappa shape index (κ2) is 11.9. The molecule has 0 aliphatic carbocycles. The normalized spacial score (nSPS) is 8.62. The Morgan fingerprint density at radius 2 is 1.92 bits per heavy atom. The predicted octanol–water partition coefficient (Wildman–Crippen LogP) is 3.99. The predicted molar refractivity (Wildman–Crippen MR) is 66.2 cm³/mol. The van der Waals surface area contributed by atoms with Crippen molar-refractivity contribution in [1.29, 1.82) is 5.26 Å². The van der Waals surface area contributed by atoms with Crippen LogP contribution in [0.5, 0.6) is 0 Å². The van der Waals surface area contributed by atoms with Crippen LogP contribution in [0.15, 0.2) is 0 Å². The van der Waals surface area contributed by atoms with Crippen LogP contribution in [0.4, 0.5) is 0 Å². The Balaban J connectivity index is 0. The summed E-state index contributed by atoms with van der Waals surface area (Å²) in [6.45, 7) is 5.90. The molecule has 0 N–H and O–H groups in total. The highest BCUT2D eigenvalue weighted by Crippen LogP contribution is 2.02. The smallest absolute Gasteiger partial charge is 0.0649 e. The van der Waals surface area contributed by atoms with Gasteiger partial charge in [-0.15, -0.1) is 12.6 Å². The monoisotopic (exact) mass is 217 g/mol. The third kappa shape index (κ3) is 24.5. The van der Waals surface area contributed by atoms with Gasteiger partial charge in [-0.2, -0.15) is 5.26 Å². The molecule has 0 radical (unpaired) electrons. The van der Waals surface area contributed by atoms with E-state index in [0.717, 1.165) is 10.6 Å². The molecular formula is C10H19NS2. The number of nitriles is 1. The van der Waals surface area contributed by atoms with E-state index in [4.69, 9.17) is 17.5 Å². The Hall–Kier alpha value is -0.0700. The van der Waals surface area contributed by atoms with Crippen LogP contribution in [-0.2, 0) is 0 Å². The molecule has 0 aromatic heterocycles. The van der Waals surface area contributed by atoms with E-state index < -0.39 is 0 Å². The Labute approximate surface area is 92.9 Å². The van der Waals surface area contributed by atoms with E-state index in [0.29, 0.717) is 0 Å². The summed E-state index contributed by atoms with van der Waals surface area (Å²) in [5.41, 5.74) is 0. The average Bonchev–Trinajstić information content (AvgIpc) is 2.05. The zero-order valence-corrected chi connectivity index (χ0v) is 10.4. The van der Waals surface area contributed by atoms with Gasteiger partial charge in [0, 0.05) is 10.1 Å². The van der Waals surface area contributed by atoms with Gasteiger partial charge in [0.25, 0.3) is 0 Å². The minimum Gasteiger partial charge on any atom is -0.198 e. The maximum atomic E-state index is 7.89. The number of hydrogen-bond acceptors (Lipinski definition) is 2. The van der Waals surface area contributed by atoms with Gasteiger partial charge in [-0.3, -0.25) is 0 Å². The molecular weight excluding hydrogens is 198 g/mol. The first kappa shape index (κ1) is 15.4. The summed E-state index contributed by atoms with van der Waals surface area (Å²) in [5.74, 6) is 0.190. The Bertz CT molecular complexity index is 159. The van der Waals surface area contributed by atoms with Crippen LogP contribution in [-0.4, -0.2) is 4.20 Å². The van der Waals surface area contributed by atoms with Crippen molar-refractivity contribution in [3.8, 4) is 6.07 Å². The van der Waals surface area contributed by atoms with Crippen LogP contribution in [0.3, 0.4) is 0 Å². The number of thiocarbonyl (C=S) groups is 1. The lowest BCUT2D eigenvalue weighted by Crippen LogP contribution is -1.81. The van der Waals surface area contributed by atoms with Crippen LogP contribution in [0.25, 0.3) is 0 Å². The average molecular weight is 217 g/mol. The highest BCUT2D eigenvalue weighted by Gasteiger charge is 1.87. The van der Waals surface area contributed by atoms with E-state index in [9.17, 15) is 0 Å². The van der Waals surface area contributed by atoms with Crippen molar-refractivity contribution in [2.45, 2.75) is 46.5 Å². The molecule has 0 spiro atoms. The molecule has 0 saturated carbocycles. The third-order valence-corrected chi connectivity index (χ3v) is 1.68. The number of thiol groups is 1. The molecule has 3 heteroatoms. The summed E-state index contributed by atoms with van der Waals surface area (Å²) in [7, 11) is 0. The molecule has 0 rings (SSSR count). The van der Waals surface area contributed by atoms with E-state index in [1.54, 1.807) is 0 Å². The fraction of sp³-hybridized carbons (Fsp3) is 0.800. The lowest BCUT2D eigenvalue weighted by molar-refractivity contribution is 0.747. The van der Waals surface area contributed by atoms with E-state index in [-0.39, 0.29) is 5.92 Å². The first-order valence-corrected chi connectivity index (χ1v) is 5.51. The Morgan fingerprint density at radius 3 is 2.15 bits per heavy atom. The largest absolute Gasteiger partial charge is 0.198 e. The lowest BCUT2D eigenvalue weighted by Gasteiger charge is -1.92. The van der Waals surface area contributed by atoms with Crippen LogP contribution in [0, 0.1) is 17.2 Å². The second-order valence-corrected chi connectivity index (χ2v) is 4.47. The molecule has 0 saturated heterocycles. The summed E-state index contributed by atoms with van der Waals surface area (Å²) in [5, 5.41) is 7.89. The van der Waals surface area contributed by atoms with Gasteiger partial charge in [-0.25, -0.2) is 0 Å². The molecule has 0 amide bonds. The van der Waals surface area contributed by atoms with E-state index in [2.05, 4.69) is 19.6 Å². The summed E-state index contributed by atoms with van der Waals surface area (Å²) in [6.07, 6.45) is 4.75. The molecule has 0 aromatic carbocycles. The number of hydrogen-bond donors (Lipinski definition) is 1. The summed E-state index contributed by atoms with van der Waals surface area (Å²) in [6, 6.07) is 2.03.